The minimum atomic E-state index is -1.09. The zero-order chi connectivity index (χ0) is 15.1. The number of amides is 1. The SMILES string of the molecule is Cc1ccc(NC(=O)/C(C#N)=C\NCC(=O)O)cc1Cl. The highest BCUT2D eigenvalue weighted by Gasteiger charge is 2.10. The summed E-state index contributed by atoms with van der Waals surface area (Å²) in [5.41, 5.74) is 1.08. The van der Waals surface area contributed by atoms with E-state index in [2.05, 4.69) is 10.6 Å². The van der Waals surface area contributed by atoms with Crippen LogP contribution in [0.15, 0.2) is 30.0 Å². The molecule has 20 heavy (non-hydrogen) atoms. The Morgan fingerprint density at radius 2 is 2.20 bits per heavy atom. The molecule has 0 spiro atoms. The van der Waals surface area contributed by atoms with E-state index < -0.39 is 11.9 Å². The average molecular weight is 294 g/mol. The minimum absolute atomic E-state index is 0.233. The lowest BCUT2D eigenvalue weighted by Crippen LogP contribution is -2.20. The summed E-state index contributed by atoms with van der Waals surface area (Å²) < 4.78 is 0. The molecular formula is C13H12ClN3O3. The maximum Gasteiger partial charge on any atom is 0.322 e. The Balaban J connectivity index is 2.75. The first-order valence-corrected chi connectivity index (χ1v) is 5.94. The number of anilines is 1. The van der Waals surface area contributed by atoms with Crippen LogP contribution in [0.25, 0.3) is 0 Å². The Morgan fingerprint density at radius 1 is 1.50 bits per heavy atom. The van der Waals surface area contributed by atoms with Gasteiger partial charge in [-0.25, -0.2) is 0 Å². The van der Waals surface area contributed by atoms with Gasteiger partial charge >= 0.3 is 5.97 Å². The van der Waals surface area contributed by atoms with Crippen LogP contribution < -0.4 is 10.6 Å². The summed E-state index contributed by atoms with van der Waals surface area (Å²) in [6.45, 7) is 1.44. The van der Waals surface area contributed by atoms with Crippen molar-refractivity contribution in [1.82, 2.24) is 5.32 Å². The number of halogens is 1. The summed E-state index contributed by atoms with van der Waals surface area (Å²) in [5, 5.41) is 22.6. The molecule has 6 nitrogen and oxygen atoms in total. The smallest absolute Gasteiger partial charge is 0.322 e. The molecule has 0 heterocycles. The molecule has 0 radical (unpaired) electrons. The fourth-order valence-electron chi connectivity index (χ4n) is 1.26. The van der Waals surface area contributed by atoms with E-state index in [-0.39, 0.29) is 12.1 Å². The molecule has 0 aromatic heterocycles. The van der Waals surface area contributed by atoms with Crippen LogP contribution in [0.5, 0.6) is 0 Å². The Bertz CT molecular complexity index is 605. The summed E-state index contributed by atoms with van der Waals surface area (Å²) in [7, 11) is 0. The number of carbonyl (C=O) groups is 2. The fourth-order valence-corrected chi connectivity index (χ4v) is 1.44. The molecule has 1 rings (SSSR count). The van der Waals surface area contributed by atoms with Crippen LogP contribution in [0.1, 0.15) is 5.56 Å². The number of carboxylic acid groups (broad SMARTS) is 1. The second-order valence-corrected chi connectivity index (χ2v) is 4.27. The molecule has 0 fully saturated rings. The van der Waals surface area contributed by atoms with Gasteiger partial charge in [-0.15, -0.1) is 0 Å². The van der Waals surface area contributed by atoms with Gasteiger partial charge in [-0.05, 0) is 24.6 Å². The number of benzene rings is 1. The van der Waals surface area contributed by atoms with Crippen LogP contribution in [0.4, 0.5) is 5.69 Å². The molecule has 0 aliphatic rings. The van der Waals surface area contributed by atoms with Crippen molar-refractivity contribution in [2.24, 2.45) is 0 Å². The molecule has 104 valence electrons. The number of hydrogen-bond donors (Lipinski definition) is 3. The highest BCUT2D eigenvalue weighted by atomic mass is 35.5. The van der Waals surface area contributed by atoms with Gasteiger partial charge in [0, 0.05) is 16.9 Å². The van der Waals surface area contributed by atoms with Crippen molar-refractivity contribution in [2.75, 3.05) is 11.9 Å². The highest BCUT2D eigenvalue weighted by molar-refractivity contribution is 6.31. The van der Waals surface area contributed by atoms with Crippen molar-refractivity contribution in [3.63, 3.8) is 0 Å². The van der Waals surface area contributed by atoms with Crippen LogP contribution in [0.2, 0.25) is 5.02 Å². The van der Waals surface area contributed by atoms with Crippen LogP contribution in [0, 0.1) is 18.3 Å². The van der Waals surface area contributed by atoms with Crippen molar-refractivity contribution >= 4 is 29.2 Å². The van der Waals surface area contributed by atoms with Crippen molar-refractivity contribution < 1.29 is 14.7 Å². The monoisotopic (exact) mass is 293 g/mol. The number of rotatable bonds is 5. The lowest BCUT2D eigenvalue weighted by molar-refractivity contribution is -0.135. The van der Waals surface area contributed by atoms with Crippen molar-refractivity contribution in [3.8, 4) is 6.07 Å². The molecule has 1 aromatic rings. The van der Waals surface area contributed by atoms with Crippen LogP contribution in [0.3, 0.4) is 0 Å². The first kappa shape index (κ1) is 15.5. The maximum absolute atomic E-state index is 11.8. The van der Waals surface area contributed by atoms with Gasteiger partial charge in [0.1, 0.15) is 18.2 Å². The van der Waals surface area contributed by atoms with Crippen LogP contribution in [-0.2, 0) is 9.59 Å². The Hall–Kier alpha value is -2.52. The molecule has 3 N–H and O–H groups in total. The number of aryl methyl sites for hydroxylation is 1. The number of nitriles is 1. The van der Waals surface area contributed by atoms with E-state index in [9.17, 15) is 9.59 Å². The predicted octanol–water partition coefficient (Wildman–Crippen LogP) is 1.67. The van der Waals surface area contributed by atoms with E-state index in [4.69, 9.17) is 22.0 Å². The largest absolute Gasteiger partial charge is 0.480 e. The Morgan fingerprint density at radius 3 is 2.75 bits per heavy atom. The summed E-state index contributed by atoms with van der Waals surface area (Å²) in [4.78, 5) is 22.1. The molecule has 0 aliphatic heterocycles. The van der Waals surface area contributed by atoms with Gasteiger partial charge in [-0.1, -0.05) is 17.7 Å². The molecule has 0 saturated carbocycles. The van der Waals surface area contributed by atoms with E-state index in [1.807, 2.05) is 6.92 Å². The topological polar surface area (TPSA) is 102 Å². The third-order valence-corrected chi connectivity index (χ3v) is 2.70. The summed E-state index contributed by atoms with van der Waals surface area (Å²) >= 11 is 5.92. The number of nitrogens with one attached hydrogen (secondary N) is 2. The molecule has 0 atom stereocenters. The van der Waals surface area contributed by atoms with E-state index in [0.717, 1.165) is 11.8 Å². The zero-order valence-corrected chi connectivity index (χ0v) is 11.4. The Labute approximate surface area is 120 Å². The van der Waals surface area contributed by atoms with Crippen molar-refractivity contribution in [1.29, 1.82) is 5.26 Å². The molecule has 0 bridgehead atoms. The molecule has 0 unspecified atom stereocenters. The second-order valence-electron chi connectivity index (χ2n) is 3.86. The van der Waals surface area contributed by atoms with E-state index >= 15 is 0 Å². The number of hydrogen-bond acceptors (Lipinski definition) is 4. The predicted molar refractivity (Wildman–Crippen MR) is 74.2 cm³/mol. The molecule has 1 aromatic carbocycles. The van der Waals surface area contributed by atoms with Gasteiger partial charge in [0.15, 0.2) is 0 Å². The molecule has 0 saturated heterocycles. The highest BCUT2D eigenvalue weighted by Crippen LogP contribution is 2.20. The minimum Gasteiger partial charge on any atom is -0.480 e. The van der Waals surface area contributed by atoms with Gasteiger partial charge in [-0.2, -0.15) is 5.26 Å². The number of carboxylic acids is 1. The third-order valence-electron chi connectivity index (χ3n) is 2.29. The molecular weight excluding hydrogens is 282 g/mol. The van der Waals surface area contributed by atoms with E-state index in [0.29, 0.717) is 10.7 Å². The zero-order valence-electron chi connectivity index (χ0n) is 10.6. The first-order chi connectivity index (χ1) is 9.43. The summed E-state index contributed by atoms with van der Waals surface area (Å²) in [6, 6.07) is 6.63. The van der Waals surface area contributed by atoms with Gasteiger partial charge in [0.05, 0.1) is 0 Å². The van der Waals surface area contributed by atoms with Crippen molar-refractivity contribution in [3.05, 3.63) is 40.6 Å². The fraction of sp³-hybridized carbons (Fsp3) is 0.154. The standard InChI is InChI=1S/C13H12ClN3O3/c1-8-2-3-10(4-11(8)14)17-13(20)9(5-15)6-16-7-12(18)19/h2-4,6,16H,7H2,1H3,(H,17,20)(H,18,19)/b9-6-. The molecule has 0 aliphatic carbocycles. The maximum atomic E-state index is 11.8. The quantitative estimate of drug-likeness (QED) is 0.566. The number of carbonyl (C=O) groups excluding carboxylic acids is 1. The lowest BCUT2D eigenvalue weighted by atomic mass is 10.2. The van der Waals surface area contributed by atoms with Gasteiger partial charge in [-0.3, -0.25) is 9.59 Å². The number of aliphatic carboxylic acids is 1. The summed E-state index contributed by atoms with van der Waals surface area (Å²) in [5.74, 6) is -1.74. The van der Waals surface area contributed by atoms with Gasteiger partial charge in [0.2, 0.25) is 0 Å². The number of nitrogens with zero attached hydrogens (tertiary/aromatic N) is 1. The first-order valence-electron chi connectivity index (χ1n) is 5.57. The van der Waals surface area contributed by atoms with E-state index in [1.54, 1.807) is 24.3 Å². The second kappa shape index (κ2) is 7.16. The Kier molecular flexibility index (Phi) is 5.56. The van der Waals surface area contributed by atoms with Crippen LogP contribution in [-0.4, -0.2) is 23.5 Å². The van der Waals surface area contributed by atoms with Gasteiger partial charge in [0.25, 0.3) is 5.91 Å². The van der Waals surface area contributed by atoms with Crippen molar-refractivity contribution in [2.45, 2.75) is 6.92 Å². The lowest BCUT2D eigenvalue weighted by Gasteiger charge is -2.06. The normalized spacial score (nSPS) is 10.6. The third kappa shape index (κ3) is 4.63. The van der Waals surface area contributed by atoms with Crippen LogP contribution >= 0.6 is 11.6 Å². The van der Waals surface area contributed by atoms with Gasteiger partial charge < -0.3 is 15.7 Å². The van der Waals surface area contributed by atoms with E-state index in [1.165, 1.54) is 0 Å². The molecule has 7 heteroatoms. The summed E-state index contributed by atoms with van der Waals surface area (Å²) in [6.07, 6.45) is 1.05. The molecule has 1 amide bonds. The average Bonchev–Trinajstić information content (AvgIpc) is 2.38.